The molecule has 0 radical (unpaired) electrons. The number of anilines is 1. The summed E-state index contributed by atoms with van der Waals surface area (Å²) in [6.45, 7) is 4.83. The number of hydrogen-bond donors (Lipinski definition) is 2. The molecule has 1 atom stereocenters. The largest absolute Gasteiger partial charge is 0.377 e. The van der Waals surface area contributed by atoms with Gasteiger partial charge in [-0.25, -0.2) is 0 Å². The van der Waals surface area contributed by atoms with Crippen LogP contribution in [0, 0.1) is 0 Å². The number of nitrogens with two attached hydrogens (primary N) is 1. The molecule has 0 bridgehead atoms. The van der Waals surface area contributed by atoms with Crippen molar-refractivity contribution in [3.05, 3.63) is 29.8 Å². The number of nitrogens with one attached hydrogen (secondary N) is 1. The molecule has 16 heavy (non-hydrogen) atoms. The van der Waals surface area contributed by atoms with Crippen LogP contribution in [0.4, 0.5) is 5.69 Å². The molecule has 0 aromatic heterocycles. The zero-order chi connectivity index (χ0) is 12.0. The third-order valence-corrected chi connectivity index (χ3v) is 2.08. The Morgan fingerprint density at radius 3 is 2.94 bits per heavy atom. The van der Waals surface area contributed by atoms with Crippen molar-refractivity contribution in [2.75, 3.05) is 11.9 Å². The van der Waals surface area contributed by atoms with E-state index in [1.807, 2.05) is 31.2 Å². The second-order valence-electron chi connectivity index (χ2n) is 3.62. The van der Waals surface area contributed by atoms with E-state index in [4.69, 9.17) is 10.5 Å². The minimum Gasteiger partial charge on any atom is -0.377 e. The van der Waals surface area contributed by atoms with Crippen LogP contribution in [0.3, 0.4) is 0 Å². The standard InChI is InChI=1S/C12H18N2O2/c1-3-16-8-10-5-4-6-11(7-10)14-12(15)9(2)13/h4-7,9H,3,8,13H2,1-2H3,(H,14,15)/t9-/m1/s1. The molecule has 3 N–H and O–H groups in total. The van der Waals surface area contributed by atoms with E-state index in [0.29, 0.717) is 13.2 Å². The van der Waals surface area contributed by atoms with Gasteiger partial charge in [0.25, 0.3) is 0 Å². The lowest BCUT2D eigenvalue weighted by Gasteiger charge is -2.09. The zero-order valence-electron chi connectivity index (χ0n) is 9.69. The molecule has 0 saturated heterocycles. The van der Waals surface area contributed by atoms with Gasteiger partial charge >= 0.3 is 0 Å². The third kappa shape index (κ3) is 4.00. The summed E-state index contributed by atoms with van der Waals surface area (Å²) in [4.78, 5) is 11.4. The van der Waals surface area contributed by atoms with Gasteiger partial charge in [-0.3, -0.25) is 4.79 Å². The Morgan fingerprint density at radius 1 is 1.56 bits per heavy atom. The zero-order valence-corrected chi connectivity index (χ0v) is 9.69. The van der Waals surface area contributed by atoms with E-state index in [1.165, 1.54) is 0 Å². The monoisotopic (exact) mass is 222 g/mol. The summed E-state index contributed by atoms with van der Waals surface area (Å²) in [6.07, 6.45) is 0. The van der Waals surface area contributed by atoms with Crippen LogP contribution in [0.1, 0.15) is 19.4 Å². The van der Waals surface area contributed by atoms with E-state index in [-0.39, 0.29) is 5.91 Å². The average Bonchev–Trinajstić information content (AvgIpc) is 2.26. The van der Waals surface area contributed by atoms with Crippen molar-refractivity contribution >= 4 is 11.6 Å². The molecule has 1 aromatic rings. The van der Waals surface area contributed by atoms with Gasteiger partial charge in [-0.15, -0.1) is 0 Å². The van der Waals surface area contributed by atoms with E-state index >= 15 is 0 Å². The number of ether oxygens (including phenoxy) is 1. The van der Waals surface area contributed by atoms with Crippen LogP contribution < -0.4 is 11.1 Å². The summed E-state index contributed by atoms with van der Waals surface area (Å²) >= 11 is 0. The second-order valence-corrected chi connectivity index (χ2v) is 3.62. The Labute approximate surface area is 95.8 Å². The molecule has 0 fully saturated rings. The highest BCUT2D eigenvalue weighted by atomic mass is 16.5. The molecular weight excluding hydrogens is 204 g/mol. The Morgan fingerprint density at radius 2 is 2.31 bits per heavy atom. The molecular formula is C12H18N2O2. The average molecular weight is 222 g/mol. The summed E-state index contributed by atoms with van der Waals surface area (Å²) in [7, 11) is 0. The van der Waals surface area contributed by atoms with Crippen LogP contribution in [0.15, 0.2) is 24.3 Å². The highest BCUT2D eigenvalue weighted by Gasteiger charge is 2.07. The quantitative estimate of drug-likeness (QED) is 0.793. The lowest BCUT2D eigenvalue weighted by Crippen LogP contribution is -2.32. The van der Waals surface area contributed by atoms with E-state index in [1.54, 1.807) is 6.92 Å². The first-order valence-corrected chi connectivity index (χ1v) is 5.36. The maximum Gasteiger partial charge on any atom is 0.240 e. The number of benzene rings is 1. The molecule has 0 saturated carbocycles. The smallest absolute Gasteiger partial charge is 0.240 e. The maximum absolute atomic E-state index is 11.4. The Hall–Kier alpha value is -1.39. The summed E-state index contributed by atoms with van der Waals surface area (Å²) in [6, 6.07) is 7.05. The van der Waals surface area contributed by atoms with Crippen molar-refractivity contribution in [2.24, 2.45) is 5.73 Å². The second kappa shape index (κ2) is 6.25. The predicted octanol–water partition coefficient (Wildman–Crippen LogP) is 1.51. The van der Waals surface area contributed by atoms with Crippen molar-refractivity contribution in [3.8, 4) is 0 Å². The molecule has 1 amide bonds. The van der Waals surface area contributed by atoms with Gasteiger partial charge in [0.05, 0.1) is 12.6 Å². The predicted molar refractivity (Wildman–Crippen MR) is 64.1 cm³/mol. The Kier molecular flexibility index (Phi) is 4.95. The molecule has 0 heterocycles. The Bertz CT molecular complexity index is 351. The van der Waals surface area contributed by atoms with Gasteiger partial charge in [0.15, 0.2) is 0 Å². The van der Waals surface area contributed by atoms with Gasteiger partial charge < -0.3 is 15.8 Å². The maximum atomic E-state index is 11.4. The van der Waals surface area contributed by atoms with E-state index in [0.717, 1.165) is 11.3 Å². The first-order valence-electron chi connectivity index (χ1n) is 5.36. The molecule has 0 aliphatic rings. The first-order chi connectivity index (χ1) is 7.63. The summed E-state index contributed by atoms with van der Waals surface area (Å²) in [5.41, 5.74) is 7.25. The minimum absolute atomic E-state index is 0.187. The Balaban J connectivity index is 2.63. The van der Waals surface area contributed by atoms with Gasteiger partial charge in [0, 0.05) is 12.3 Å². The summed E-state index contributed by atoms with van der Waals surface area (Å²) in [5, 5.41) is 2.74. The fraction of sp³-hybridized carbons (Fsp3) is 0.417. The molecule has 4 heteroatoms. The lowest BCUT2D eigenvalue weighted by atomic mass is 10.2. The number of rotatable bonds is 5. The van der Waals surface area contributed by atoms with Gasteiger partial charge in [-0.1, -0.05) is 12.1 Å². The molecule has 1 aromatic carbocycles. The highest BCUT2D eigenvalue weighted by Crippen LogP contribution is 2.11. The number of carbonyl (C=O) groups excluding carboxylic acids is 1. The fourth-order valence-corrected chi connectivity index (χ4v) is 1.21. The van der Waals surface area contributed by atoms with Crippen molar-refractivity contribution in [3.63, 3.8) is 0 Å². The highest BCUT2D eigenvalue weighted by molar-refractivity contribution is 5.94. The van der Waals surface area contributed by atoms with E-state index < -0.39 is 6.04 Å². The third-order valence-electron chi connectivity index (χ3n) is 2.08. The molecule has 4 nitrogen and oxygen atoms in total. The van der Waals surface area contributed by atoms with Crippen molar-refractivity contribution in [1.29, 1.82) is 0 Å². The molecule has 0 aliphatic heterocycles. The van der Waals surface area contributed by atoms with Crippen LogP contribution in [-0.2, 0) is 16.1 Å². The van der Waals surface area contributed by atoms with Crippen LogP contribution in [0.5, 0.6) is 0 Å². The fourth-order valence-electron chi connectivity index (χ4n) is 1.21. The van der Waals surface area contributed by atoms with Crippen molar-refractivity contribution in [2.45, 2.75) is 26.5 Å². The molecule has 1 rings (SSSR count). The number of amides is 1. The van der Waals surface area contributed by atoms with E-state index in [9.17, 15) is 4.79 Å². The number of carbonyl (C=O) groups is 1. The molecule has 0 unspecified atom stereocenters. The van der Waals surface area contributed by atoms with Gasteiger partial charge in [0.2, 0.25) is 5.91 Å². The lowest BCUT2D eigenvalue weighted by molar-refractivity contribution is -0.117. The van der Waals surface area contributed by atoms with Gasteiger partial charge in [0.1, 0.15) is 0 Å². The normalized spacial score (nSPS) is 12.2. The SMILES string of the molecule is CCOCc1cccc(NC(=O)[C@@H](C)N)c1. The van der Waals surface area contributed by atoms with Crippen LogP contribution in [-0.4, -0.2) is 18.6 Å². The van der Waals surface area contributed by atoms with Crippen LogP contribution in [0.25, 0.3) is 0 Å². The van der Waals surface area contributed by atoms with E-state index in [2.05, 4.69) is 5.32 Å². The summed E-state index contributed by atoms with van der Waals surface area (Å²) < 4.78 is 5.29. The van der Waals surface area contributed by atoms with Crippen molar-refractivity contribution in [1.82, 2.24) is 0 Å². The molecule has 0 spiro atoms. The first kappa shape index (κ1) is 12.7. The topological polar surface area (TPSA) is 64.3 Å². The van der Waals surface area contributed by atoms with Crippen molar-refractivity contribution < 1.29 is 9.53 Å². The molecule has 88 valence electrons. The van der Waals surface area contributed by atoms with Crippen LogP contribution >= 0.6 is 0 Å². The number of hydrogen-bond acceptors (Lipinski definition) is 3. The van der Waals surface area contributed by atoms with Gasteiger partial charge in [-0.2, -0.15) is 0 Å². The summed E-state index contributed by atoms with van der Waals surface area (Å²) in [5.74, 6) is -0.187. The van der Waals surface area contributed by atoms with Crippen LogP contribution in [0.2, 0.25) is 0 Å². The minimum atomic E-state index is -0.504. The molecule has 0 aliphatic carbocycles. The van der Waals surface area contributed by atoms with Gasteiger partial charge in [-0.05, 0) is 31.5 Å².